The molecule has 1 saturated heterocycles. The first-order chi connectivity index (χ1) is 13.8. The number of hydrogen-bond acceptors (Lipinski definition) is 5. The molecule has 2 aliphatic rings. The average molecular weight is 380 g/mol. The van der Waals surface area contributed by atoms with Gasteiger partial charge in [0.15, 0.2) is 0 Å². The van der Waals surface area contributed by atoms with E-state index in [1.54, 1.807) is 24.8 Å². The predicted molar refractivity (Wildman–Crippen MR) is 108 cm³/mol. The van der Waals surface area contributed by atoms with Crippen molar-refractivity contribution in [1.29, 1.82) is 0 Å². The summed E-state index contributed by atoms with van der Waals surface area (Å²) in [7, 11) is 0. The van der Waals surface area contributed by atoms with Crippen molar-refractivity contribution in [2.24, 2.45) is 5.92 Å². The molecule has 28 heavy (non-hydrogen) atoms. The summed E-state index contributed by atoms with van der Waals surface area (Å²) in [6, 6.07) is 4.74. The second-order valence-electron chi connectivity index (χ2n) is 8.06. The minimum atomic E-state index is -0.0461. The molecule has 4 rings (SSSR count). The van der Waals surface area contributed by atoms with Gasteiger partial charge < -0.3 is 9.80 Å². The van der Waals surface area contributed by atoms with Gasteiger partial charge in [-0.15, -0.1) is 0 Å². The van der Waals surface area contributed by atoms with Crippen molar-refractivity contribution in [3.8, 4) is 0 Å². The Balaban J connectivity index is 1.41. The Kier molecular flexibility index (Phi) is 6.27. The molecular formula is C22H29N5O. The van der Waals surface area contributed by atoms with Crippen LogP contribution in [0.1, 0.15) is 54.6 Å². The van der Waals surface area contributed by atoms with E-state index in [0.29, 0.717) is 18.2 Å². The van der Waals surface area contributed by atoms with Crippen LogP contribution in [0.2, 0.25) is 0 Å². The number of carbonyl (C=O) groups excluding carboxylic acids is 1. The minimum Gasteiger partial charge on any atom is -0.333 e. The molecule has 0 spiro atoms. The summed E-state index contributed by atoms with van der Waals surface area (Å²) in [5, 5.41) is 0. The van der Waals surface area contributed by atoms with Crippen LogP contribution in [0.25, 0.3) is 0 Å². The van der Waals surface area contributed by atoms with Gasteiger partial charge in [-0.05, 0) is 56.3 Å². The minimum absolute atomic E-state index is 0.0461. The maximum atomic E-state index is 13.1. The number of nitrogens with zero attached hydrogens (tertiary/aromatic N) is 5. The number of rotatable bonds is 6. The summed E-state index contributed by atoms with van der Waals surface area (Å²) >= 11 is 0. The van der Waals surface area contributed by atoms with Crippen LogP contribution in [0.3, 0.4) is 0 Å². The van der Waals surface area contributed by atoms with Crippen molar-refractivity contribution in [2.75, 3.05) is 19.6 Å². The van der Waals surface area contributed by atoms with E-state index >= 15 is 0 Å². The lowest BCUT2D eigenvalue weighted by Crippen LogP contribution is -2.43. The fourth-order valence-electron chi connectivity index (χ4n) is 4.58. The van der Waals surface area contributed by atoms with E-state index in [1.165, 1.54) is 25.7 Å². The van der Waals surface area contributed by atoms with Gasteiger partial charge in [0.2, 0.25) is 0 Å². The fourth-order valence-corrected chi connectivity index (χ4v) is 4.58. The third kappa shape index (κ3) is 4.73. The summed E-state index contributed by atoms with van der Waals surface area (Å²) in [6.45, 7) is 3.65. The van der Waals surface area contributed by atoms with Gasteiger partial charge in [0, 0.05) is 43.9 Å². The smallest absolute Gasteiger partial charge is 0.274 e. The lowest BCUT2D eigenvalue weighted by atomic mass is 9.94. The number of hydrogen-bond donors (Lipinski definition) is 0. The van der Waals surface area contributed by atoms with Crippen LogP contribution in [-0.2, 0) is 6.54 Å². The number of piperidine rings is 1. The first kappa shape index (κ1) is 19.0. The normalized spacial score (nSPS) is 19.0. The monoisotopic (exact) mass is 379 g/mol. The lowest BCUT2D eigenvalue weighted by molar-refractivity contribution is 0.0644. The summed E-state index contributed by atoms with van der Waals surface area (Å²) in [5.74, 6) is 0.491. The Bertz CT molecular complexity index is 740. The van der Waals surface area contributed by atoms with Gasteiger partial charge >= 0.3 is 0 Å². The first-order valence-electron chi connectivity index (χ1n) is 10.5. The zero-order valence-electron chi connectivity index (χ0n) is 16.4. The van der Waals surface area contributed by atoms with Crippen LogP contribution in [0, 0.1) is 5.92 Å². The SMILES string of the molecule is O=C(c1cnccn1)N(Cc1cccnc1)CC1CCN(C2CCCC2)CC1. The van der Waals surface area contributed by atoms with E-state index in [1.807, 2.05) is 23.2 Å². The van der Waals surface area contributed by atoms with Crippen molar-refractivity contribution < 1.29 is 4.79 Å². The standard InChI is InChI=1S/C22H29N5O/c28-22(21-15-24-10-11-25-21)27(17-19-4-3-9-23-14-19)16-18-7-12-26(13-8-18)20-5-1-2-6-20/h3-4,9-11,14-15,18,20H,1-2,5-8,12-13,16-17H2. The quantitative estimate of drug-likeness (QED) is 0.771. The van der Waals surface area contributed by atoms with E-state index in [9.17, 15) is 4.79 Å². The Morgan fingerprint density at radius 2 is 1.82 bits per heavy atom. The summed E-state index contributed by atoms with van der Waals surface area (Å²) in [5.41, 5.74) is 1.46. The third-order valence-electron chi connectivity index (χ3n) is 6.13. The molecule has 0 N–H and O–H groups in total. The van der Waals surface area contributed by atoms with Crippen molar-refractivity contribution in [2.45, 2.75) is 51.1 Å². The van der Waals surface area contributed by atoms with E-state index in [2.05, 4.69) is 19.9 Å². The Hall–Kier alpha value is -2.34. The molecule has 148 valence electrons. The van der Waals surface area contributed by atoms with Gasteiger partial charge in [-0.3, -0.25) is 14.8 Å². The first-order valence-corrected chi connectivity index (χ1v) is 10.5. The summed E-state index contributed by atoms with van der Waals surface area (Å²) in [4.78, 5) is 30.2. The molecule has 2 fully saturated rings. The second kappa shape index (κ2) is 9.24. The molecule has 1 aliphatic carbocycles. The molecule has 0 atom stereocenters. The molecule has 2 aromatic heterocycles. The highest BCUT2D eigenvalue weighted by molar-refractivity contribution is 5.91. The highest BCUT2D eigenvalue weighted by Gasteiger charge is 2.29. The van der Waals surface area contributed by atoms with E-state index in [-0.39, 0.29) is 5.91 Å². The van der Waals surface area contributed by atoms with Crippen LogP contribution < -0.4 is 0 Å². The van der Waals surface area contributed by atoms with Crippen molar-refractivity contribution in [1.82, 2.24) is 24.8 Å². The van der Waals surface area contributed by atoms with Crippen LogP contribution in [0.15, 0.2) is 43.1 Å². The maximum absolute atomic E-state index is 13.1. The van der Waals surface area contributed by atoms with Crippen molar-refractivity contribution in [3.63, 3.8) is 0 Å². The van der Waals surface area contributed by atoms with Gasteiger partial charge in [-0.1, -0.05) is 18.9 Å². The zero-order chi connectivity index (χ0) is 19.2. The Morgan fingerprint density at radius 1 is 1.04 bits per heavy atom. The second-order valence-corrected chi connectivity index (χ2v) is 8.06. The van der Waals surface area contributed by atoms with Crippen LogP contribution in [0.4, 0.5) is 0 Å². The molecule has 3 heterocycles. The molecule has 1 amide bonds. The van der Waals surface area contributed by atoms with Crippen LogP contribution in [-0.4, -0.2) is 56.3 Å². The van der Waals surface area contributed by atoms with Crippen molar-refractivity contribution >= 4 is 5.91 Å². The average Bonchev–Trinajstić information content (AvgIpc) is 3.30. The van der Waals surface area contributed by atoms with E-state index in [4.69, 9.17) is 0 Å². The number of amides is 1. The van der Waals surface area contributed by atoms with Gasteiger partial charge in [0.25, 0.3) is 5.91 Å². The van der Waals surface area contributed by atoms with E-state index in [0.717, 1.165) is 44.1 Å². The molecule has 6 nitrogen and oxygen atoms in total. The van der Waals surface area contributed by atoms with Crippen LogP contribution in [0.5, 0.6) is 0 Å². The Labute approximate surface area is 167 Å². The third-order valence-corrected chi connectivity index (χ3v) is 6.13. The number of aromatic nitrogens is 3. The molecule has 2 aromatic rings. The van der Waals surface area contributed by atoms with Gasteiger partial charge in [0.1, 0.15) is 5.69 Å². The molecule has 0 bridgehead atoms. The fraction of sp³-hybridized carbons (Fsp3) is 0.545. The molecule has 0 aromatic carbocycles. The zero-order valence-corrected chi connectivity index (χ0v) is 16.4. The molecule has 1 aliphatic heterocycles. The highest BCUT2D eigenvalue weighted by Crippen LogP contribution is 2.28. The molecule has 0 unspecified atom stereocenters. The van der Waals surface area contributed by atoms with Crippen LogP contribution >= 0.6 is 0 Å². The largest absolute Gasteiger partial charge is 0.333 e. The van der Waals surface area contributed by atoms with Gasteiger partial charge in [-0.25, -0.2) is 4.98 Å². The van der Waals surface area contributed by atoms with Crippen molar-refractivity contribution in [3.05, 3.63) is 54.4 Å². The van der Waals surface area contributed by atoms with E-state index < -0.39 is 0 Å². The molecule has 0 radical (unpaired) electrons. The topological polar surface area (TPSA) is 62.2 Å². The highest BCUT2D eigenvalue weighted by atomic mass is 16.2. The molecule has 6 heteroatoms. The summed E-state index contributed by atoms with van der Waals surface area (Å²) in [6.07, 6.45) is 16.1. The molecule has 1 saturated carbocycles. The Morgan fingerprint density at radius 3 is 2.50 bits per heavy atom. The lowest BCUT2D eigenvalue weighted by Gasteiger charge is -2.37. The van der Waals surface area contributed by atoms with Gasteiger partial charge in [-0.2, -0.15) is 0 Å². The summed E-state index contributed by atoms with van der Waals surface area (Å²) < 4.78 is 0. The number of carbonyl (C=O) groups is 1. The molecular weight excluding hydrogens is 350 g/mol. The number of pyridine rings is 1. The predicted octanol–water partition coefficient (Wildman–Crippen LogP) is 3.17. The maximum Gasteiger partial charge on any atom is 0.274 e. The number of likely N-dealkylation sites (tertiary alicyclic amines) is 1. The van der Waals surface area contributed by atoms with Gasteiger partial charge in [0.05, 0.1) is 6.20 Å².